The first-order chi connectivity index (χ1) is 8.74. The van der Waals surface area contributed by atoms with Crippen LogP contribution in [0.2, 0.25) is 5.02 Å². The summed E-state index contributed by atoms with van der Waals surface area (Å²) in [6.45, 7) is 2.10. The van der Waals surface area contributed by atoms with E-state index in [2.05, 4.69) is 32.8 Å². The molecule has 18 heavy (non-hydrogen) atoms. The third kappa shape index (κ3) is 3.09. The van der Waals surface area contributed by atoms with Gasteiger partial charge in [0.05, 0.1) is 0 Å². The zero-order valence-electron chi connectivity index (χ0n) is 10.2. The van der Waals surface area contributed by atoms with Crippen molar-refractivity contribution >= 4 is 27.5 Å². The predicted molar refractivity (Wildman–Crippen MR) is 78.3 cm³/mol. The van der Waals surface area contributed by atoms with Crippen molar-refractivity contribution in [1.29, 1.82) is 0 Å². The van der Waals surface area contributed by atoms with E-state index in [1.54, 1.807) is 0 Å². The van der Waals surface area contributed by atoms with E-state index < -0.39 is 0 Å². The molecule has 94 valence electrons. The minimum Gasteiger partial charge on any atom is -0.241 e. The van der Waals surface area contributed by atoms with Crippen LogP contribution in [0, 0.1) is 0 Å². The van der Waals surface area contributed by atoms with Crippen molar-refractivity contribution in [2.75, 3.05) is 0 Å². The second-order valence-electron chi connectivity index (χ2n) is 4.01. The molecule has 0 fully saturated rings. The minimum absolute atomic E-state index is 0.676. The number of hydrogen-bond acceptors (Lipinski definition) is 2. The first-order valence-corrected chi connectivity index (χ1v) is 7.37. The largest absolute Gasteiger partial charge is 0.241 e. The number of hydrogen-bond donors (Lipinski definition) is 0. The van der Waals surface area contributed by atoms with Crippen molar-refractivity contribution in [3.8, 4) is 0 Å². The van der Waals surface area contributed by atoms with Gasteiger partial charge in [-0.15, -0.1) is 0 Å². The van der Waals surface area contributed by atoms with Crippen LogP contribution in [0.5, 0.6) is 0 Å². The topological polar surface area (TPSA) is 25.8 Å². The smallest absolute Gasteiger partial charge is 0.132 e. The minimum atomic E-state index is 0.676. The molecule has 0 unspecified atom stereocenters. The van der Waals surface area contributed by atoms with E-state index in [1.165, 1.54) is 0 Å². The van der Waals surface area contributed by atoms with Crippen molar-refractivity contribution in [2.45, 2.75) is 25.1 Å². The van der Waals surface area contributed by atoms with Crippen molar-refractivity contribution < 1.29 is 0 Å². The summed E-state index contributed by atoms with van der Waals surface area (Å²) in [5.41, 5.74) is 3.32. The second kappa shape index (κ2) is 6.30. The van der Waals surface area contributed by atoms with Crippen molar-refractivity contribution in [2.24, 2.45) is 0 Å². The number of nitrogens with zero attached hydrogens (tertiary/aromatic N) is 2. The molecular formula is C14H14BrClN2. The van der Waals surface area contributed by atoms with Gasteiger partial charge >= 0.3 is 0 Å². The molecule has 0 aliphatic carbocycles. The van der Waals surface area contributed by atoms with Crippen LogP contribution in [0.15, 0.2) is 30.5 Å². The van der Waals surface area contributed by atoms with Gasteiger partial charge in [-0.25, -0.2) is 9.97 Å². The summed E-state index contributed by atoms with van der Waals surface area (Å²) >= 11 is 9.59. The molecule has 2 nitrogen and oxygen atoms in total. The summed E-state index contributed by atoms with van der Waals surface area (Å²) in [6.07, 6.45) is 3.49. The van der Waals surface area contributed by atoms with Gasteiger partial charge in [0, 0.05) is 34.2 Å². The highest BCUT2D eigenvalue weighted by Gasteiger charge is 2.07. The molecule has 2 aromatic rings. The average molecular weight is 326 g/mol. The Morgan fingerprint density at radius 1 is 1.22 bits per heavy atom. The van der Waals surface area contributed by atoms with Gasteiger partial charge < -0.3 is 0 Å². The summed E-state index contributed by atoms with van der Waals surface area (Å²) in [5, 5.41) is 1.56. The lowest BCUT2D eigenvalue weighted by molar-refractivity contribution is 0.886. The lowest BCUT2D eigenvalue weighted by Gasteiger charge is -2.07. The van der Waals surface area contributed by atoms with E-state index in [4.69, 9.17) is 11.6 Å². The van der Waals surface area contributed by atoms with Gasteiger partial charge in [-0.2, -0.15) is 0 Å². The molecule has 0 spiro atoms. The number of rotatable bonds is 4. The number of halogens is 2. The van der Waals surface area contributed by atoms with E-state index in [1.807, 2.05) is 30.5 Å². The van der Waals surface area contributed by atoms with Crippen LogP contribution in [0.3, 0.4) is 0 Å². The van der Waals surface area contributed by atoms with Gasteiger partial charge in [0.1, 0.15) is 5.82 Å². The fourth-order valence-corrected chi connectivity index (χ4v) is 2.47. The lowest BCUT2D eigenvalue weighted by atomic mass is 10.1. The van der Waals surface area contributed by atoms with Crippen molar-refractivity contribution in [3.05, 3.63) is 58.1 Å². The molecule has 1 heterocycles. The lowest BCUT2D eigenvalue weighted by Crippen LogP contribution is -2.03. The number of aryl methyl sites for hydroxylation is 1. The molecule has 0 saturated carbocycles. The molecule has 0 aliphatic heterocycles. The molecule has 0 radical (unpaired) electrons. The van der Waals surface area contributed by atoms with Gasteiger partial charge in [-0.3, -0.25) is 0 Å². The molecule has 0 aliphatic rings. The van der Waals surface area contributed by atoms with Gasteiger partial charge in [0.2, 0.25) is 0 Å². The van der Waals surface area contributed by atoms with Crippen molar-refractivity contribution in [1.82, 2.24) is 9.97 Å². The Balaban J connectivity index is 2.27. The monoisotopic (exact) mass is 324 g/mol. The maximum absolute atomic E-state index is 6.14. The predicted octanol–water partition coefficient (Wildman–Crippen LogP) is 4.18. The van der Waals surface area contributed by atoms with E-state index in [0.717, 1.165) is 39.4 Å². The summed E-state index contributed by atoms with van der Waals surface area (Å²) < 4.78 is 0. The third-order valence-electron chi connectivity index (χ3n) is 2.79. The summed E-state index contributed by atoms with van der Waals surface area (Å²) in [7, 11) is 0. The normalized spacial score (nSPS) is 10.6. The highest BCUT2D eigenvalue weighted by atomic mass is 79.9. The van der Waals surface area contributed by atoms with Gasteiger partial charge in [0.15, 0.2) is 0 Å². The van der Waals surface area contributed by atoms with Gasteiger partial charge in [-0.1, -0.05) is 52.7 Å². The van der Waals surface area contributed by atoms with Crippen LogP contribution in [0.25, 0.3) is 0 Å². The molecule has 0 saturated heterocycles. The SMILES string of the molecule is CCc1nc(Cc2ccccc2Cl)ncc1CBr. The number of benzene rings is 1. The van der Waals surface area contributed by atoms with Crippen molar-refractivity contribution in [3.63, 3.8) is 0 Å². The van der Waals surface area contributed by atoms with Crippen LogP contribution in [-0.2, 0) is 18.2 Å². The molecule has 2 rings (SSSR count). The van der Waals surface area contributed by atoms with Crippen LogP contribution >= 0.6 is 27.5 Å². The molecule has 0 amide bonds. The first kappa shape index (κ1) is 13.5. The van der Waals surface area contributed by atoms with Gasteiger partial charge in [-0.05, 0) is 18.1 Å². The zero-order chi connectivity index (χ0) is 13.0. The Labute approximate surface area is 121 Å². The van der Waals surface area contributed by atoms with Crippen LogP contribution in [-0.4, -0.2) is 9.97 Å². The summed E-state index contributed by atoms with van der Waals surface area (Å²) in [5.74, 6) is 0.824. The summed E-state index contributed by atoms with van der Waals surface area (Å²) in [4.78, 5) is 8.99. The first-order valence-electron chi connectivity index (χ1n) is 5.87. The van der Waals surface area contributed by atoms with E-state index in [0.29, 0.717) is 6.42 Å². The second-order valence-corrected chi connectivity index (χ2v) is 4.98. The standard InChI is InChI=1S/C14H14BrClN2/c1-2-13-11(8-15)9-17-14(18-13)7-10-5-3-4-6-12(10)16/h3-6,9H,2,7-8H2,1H3. The Hall–Kier alpha value is -0.930. The highest BCUT2D eigenvalue weighted by Crippen LogP contribution is 2.18. The van der Waals surface area contributed by atoms with E-state index >= 15 is 0 Å². The number of alkyl halides is 1. The van der Waals surface area contributed by atoms with E-state index in [-0.39, 0.29) is 0 Å². The zero-order valence-corrected chi connectivity index (χ0v) is 12.5. The summed E-state index contributed by atoms with van der Waals surface area (Å²) in [6, 6.07) is 7.81. The molecule has 4 heteroatoms. The average Bonchev–Trinajstić information content (AvgIpc) is 2.41. The Bertz CT molecular complexity index is 543. The number of aromatic nitrogens is 2. The van der Waals surface area contributed by atoms with E-state index in [9.17, 15) is 0 Å². The Morgan fingerprint density at radius 2 is 2.00 bits per heavy atom. The maximum atomic E-state index is 6.14. The van der Waals surface area contributed by atoms with Gasteiger partial charge in [0.25, 0.3) is 0 Å². The fourth-order valence-electron chi connectivity index (χ4n) is 1.80. The highest BCUT2D eigenvalue weighted by molar-refractivity contribution is 9.08. The van der Waals surface area contributed by atoms with Crippen LogP contribution in [0.4, 0.5) is 0 Å². The quantitative estimate of drug-likeness (QED) is 0.788. The third-order valence-corrected chi connectivity index (χ3v) is 3.76. The molecular weight excluding hydrogens is 312 g/mol. The van der Waals surface area contributed by atoms with Crippen LogP contribution in [0.1, 0.15) is 29.6 Å². The fraction of sp³-hybridized carbons (Fsp3) is 0.286. The maximum Gasteiger partial charge on any atom is 0.132 e. The Kier molecular flexibility index (Phi) is 4.72. The van der Waals surface area contributed by atoms with Crippen LogP contribution < -0.4 is 0 Å². The molecule has 0 N–H and O–H groups in total. The molecule has 0 bridgehead atoms. The molecule has 0 atom stereocenters. The molecule has 1 aromatic heterocycles. The molecule has 1 aromatic carbocycles. The Morgan fingerprint density at radius 3 is 2.67 bits per heavy atom.